The zero-order valence-electron chi connectivity index (χ0n) is 21.3. The Morgan fingerprint density at radius 2 is 1.71 bits per heavy atom. The molecule has 0 radical (unpaired) electrons. The van der Waals surface area contributed by atoms with Crippen LogP contribution in [0.2, 0.25) is 0 Å². The van der Waals surface area contributed by atoms with Gasteiger partial charge in [0, 0.05) is 45.9 Å². The van der Waals surface area contributed by atoms with E-state index < -0.39 is 10.8 Å². The van der Waals surface area contributed by atoms with Crippen molar-refractivity contribution in [1.82, 2.24) is 25.4 Å². The number of rotatable bonds is 5. The smallest absolute Gasteiger partial charge is 0.239 e. The number of pyridine rings is 1. The third-order valence-electron chi connectivity index (χ3n) is 8.12. The zero-order valence-corrected chi connectivity index (χ0v) is 22.1. The van der Waals surface area contributed by atoms with Crippen LogP contribution in [0.3, 0.4) is 0 Å². The molecule has 2 aromatic heterocycles. The molecule has 0 bridgehead atoms. The summed E-state index contributed by atoms with van der Waals surface area (Å²) in [7, 11) is -0.906. The molecule has 0 spiro atoms. The minimum atomic E-state index is -0.906. The molecular formula is C30H31N5O2S. The van der Waals surface area contributed by atoms with E-state index in [-0.39, 0.29) is 11.9 Å². The van der Waals surface area contributed by atoms with Crippen LogP contribution in [0.25, 0.3) is 33.4 Å². The van der Waals surface area contributed by atoms with Crippen LogP contribution in [0, 0.1) is 0 Å². The summed E-state index contributed by atoms with van der Waals surface area (Å²) in [6.45, 7) is 2.48. The Bertz CT molecular complexity index is 1540. The number of aromatic nitrogens is 3. The maximum Gasteiger partial charge on any atom is 0.239 e. The maximum absolute atomic E-state index is 13.0. The molecule has 194 valence electrons. The molecular weight excluding hydrogens is 494 g/mol. The lowest BCUT2D eigenvalue weighted by Gasteiger charge is -2.23. The van der Waals surface area contributed by atoms with E-state index in [0.29, 0.717) is 10.9 Å². The van der Waals surface area contributed by atoms with Gasteiger partial charge in [0.25, 0.3) is 0 Å². The number of hydrogen-bond acceptors (Lipinski definition) is 5. The van der Waals surface area contributed by atoms with E-state index >= 15 is 0 Å². The van der Waals surface area contributed by atoms with Crippen LogP contribution >= 0.6 is 0 Å². The van der Waals surface area contributed by atoms with Gasteiger partial charge in [-0.15, -0.1) is 0 Å². The van der Waals surface area contributed by atoms with Gasteiger partial charge in [-0.1, -0.05) is 30.3 Å². The molecule has 3 aliphatic rings. The molecule has 2 aliphatic heterocycles. The average molecular weight is 526 g/mol. The highest BCUT2D eigenvalue weighted by atomic mass is 32.2. The lowest BCUT2D eigenvalue weighted by atomic mass is 9.96. The quantitative estimate of drug-likeness (QED) is 0.407. The van der Waals surface area contributed by atoms with Crippen LogP contribution in [-0.2, 0) is 28.4 Å². The van der Waals surface area contributed by atoms with Gasteiger partial charge < -0.3 is 10.2 Å². The predicted molar refractivity (Wildman–Crippen MR) is 149 cm³/mol. The average Bonchev–Trinajstić information content (AvgIpc) is 3.56. The number of hydrogen-bond donors (Lipinski definition) is 2. The summed E-state index contributed by atoms with van der Waals surface area (Å²) in [6, 6.07) is 16.8. The summed E-state index contributed by atoms with van der Waals surface area (Å²) in [5, 5.41) is 12.2. The summed E-state index contributed by atoms with van der Waals surface area (Å²) >= 11 is 0. The van der Waals surface area contributed by atoms with Crippen molar-refractivity contribution in [3.63, 3.8) is 0 Å². The normalized spacial score (nSPS) is 20.3. The minimum absolute atomic E-state index is 0.00900. The van der Waals surface area contributed by atoms with E-state index in [4.69, 9.17) is 0 Å². The number of amides is 1. The number of H-pyrrole nitrogens is 1. The van der Waals surface area contributed by atoms with E-state index in [0.717, 1.165) is 90.8 Å². The third-order valence-corrected chi connectivity index (χ3v) is 9.94. The molecule has 38 heavy (non-hydrogen) atoms. The first-order chi connectivity index (χ1) is 18.6. The van der Waals surface area contributed by atoms with Crippen LogP contribution in [-0.4, -0.2) is 61.1 Å². The molecule has 7 rings (SSSR count). The number of nitrogens with zero attached hydrogens (tertiary/aromatic N) is 3. The molecule has 2 aromatic carbocycles. The van der Waals surface area contributed by atoms with Gasteiger partial charge in [-0.25, -0.2) is 4.98 Å². The van der Waals surface area contributed by atoms with E-state index in [2.05, 4.69) is 44.8 Å². The molecule has 2 N–H and O–H groups in total. The predicted octanol–water partition coefficient (Wildman–Crippen LogP) is 4.24. The molecule has 7 nitrogen and oxygen atoms in total. The molecule has 8 heteroatoms. The van der Waals surface area contributed by atoms with Crippen molar-refractivity contribution < 1.29 is 9.00 Å². The monoisotopic (exact) mass is 525 g/mol. The summed E-state index contributed by atoms with van der Waals surface area (Å²) in [5.74, 6) is 0.254. The minimum Gasteiger partial charge on any atom is -0.341 e. The van der Waals surface area contributed by atoms with E-state index in [1.54, 1.807) is 0 Å². The molecule has 1 aliphatic carbocycles. The van der Waals surface area contributed by atoms with Gasteiger partial charge >= 0.3 is 0 Å². The number of carbonyl (C=O) groups is 1. The van der Waals surface area contributed by atoms with Crippen molar-refractivity contribution >= 4 is 27.7 Å². The molecule has 2 fully saturated rings. The molecule has 4 aromatic rings. The molecule has 1 amide bonds. The standard InChI is InChI=1S/C30H31N5O2S/c36-30(27-2-1-13-31-27)35-14-11-19-3-4-21(16-22(19)12-15-35)23-17-26-28(33-34-29(26)32-18-23)20-5-7-24(8-6-20)38(37)25-9-10-25/h3-8,16-18,25,27,31H,1-2,9-15H2,(H,32,33,34). The summed E-state index contributed by atoms with van der Waals surface area (Å²) in [4.78, 5) is 20.5. The van der Waals surface area contributed by atoms with Crippen molar-refractivity contribution in [2.24, 2.45) is 0 Å². The molecule has 2 unspecified atom stereocenters. The van der Waals surface area contributed by atoms with Crippen LogP contribution in [0.1, 0.15) is 36.8 Å². The first-order valence-electron chi connectivity index (χ1n) is 13.6. The maximum atomic E-state index is 13.0. The zero-order chi connectivity index (χ0) is 25.6. The van der Waals surface area contributed by atoms with Gasteiger partial charge in [0.05, 0.1) is 22.5 Å². The van der Waals surface area contributed by atoms with Crippen molar-refractivity contribution in [2.45, 2.75) is 54.7 Å². The fraction of sp³-hybridized carbons (Fsp3) is 0.367. The lowest BCUT2D eigenvalue weighted by Crippen LogP contribution is -2.44. The van der Waals surface area contributed by atoms with Crippen LogP contribution in [0.5, 0.6) is 0 Å². The number of fused-ring (bicyclic) bond motifs is 2. The van der Waals surface area contributed by atoms with Crippen molar-refractivity contribution in [3.05, 3.63) is 65.9 Å². The molecule has 1 saturated carbocycles. The largest absolute Gasteiger partial charge is 0.341 e. The SMILES string of the molecule is O=C(C1CCCN1)N1CCc2ccc(-c3cnc4n[nH]c(-c5ccc(S(=O)C6CC6)cc5)c4c3)cc2CC1. The fourth-order valence-corrected chi connectivity index (χ4v) is 7.10. The Kier molecular flexibility index (Phi) is 6.09. The van der Waals surface area contributed by atoms with Crippen molar-refractivity contribution in [1.29, 1.82) is 0 Å². The Labute approximate surface area is 224 Å². The highest BCUT2D eigenvalue weighted by Crippen LogP contribution is 2.33. The summed E-state index contributed by atoms with van der Waals surface area (Å²) in [6.07, 6.45) is 7.78. The first kappa shape index (κ1) is 23.7. The van der Waals surface area contributed by atoms with Crippen molar-refractivity contribution in [3.8, 4) is 22.4 Å². The second-order valence-corrected chi connectivity index (χ2v) is 12.4. The van der Waals surface area contributed by atoms with Crippen LogP contribution in [0.15, 0.2) is 59.6 Å². The van der Waals surface area contributed by atoms with Gasteiger partial charge in [-0.3, -0.25) is 14.1 Å². The highest BCUT2D eigenvalue weighted by molar-refractivity contribution is 7.86. The Morgan fingerprint density at radius 3 is 2.47 bits per heavy atom. The summed E-state index contributed by atoms with van der Waals surface area (Å²) < 4.78 is 12.5. The summed E-state index contributed by atoms with van der Waals surface area (Å²) in [5.41, 5.74) is 7.40. The van der Waals surface area contributed by atoms with Gasteiger partial charge in [-0.05, 0) is 80.0 Å². The fourth-order valence-electron chi connectivity index (χ4n) is 5.75. The number of nitrogens with one attached hydrogen (secondary N) is 2. The molecule has 1 saturated heterocycles. The van der Waals surface area contributed by atoms with E-state index in [1.807, 2.05) is 35.4 Å². The Balaban J connectivity index is 1.14. The lowest BCUT2D eigenvalue weighted by molar-refractivity contribution is -0.132. The first-order valence-corrected chi connectivity index (χ1v) is 14.8. The number of benzene rings is 2. The highest BCUT2D eigenvalue weighted by Gasteiger charge is 2.29. The van der Waals surface area contributed by atoms with Gasteiger partial charge in [-0.2, -0.15) is 5.10 Å². The second kappa shape index (κ2) is 9.75. The van der Waals surface area contributed by atoms with Crippen LogP contribution < -0.4 is 5.32 Å². The third kappa shape index (κ3) is 4.46. The Hall–Kier alpha value is -3.36. The molecule has 4 heterocycles. The van der Waals surface area contributed by atoms with Crippen LogP contribution in [0.4, 0.5) is 0 Å². The Morgan fingerprint density at radius 1 is 0.921 bits per heavy atom. The van der Waals surface area contributed by atoms with E-state index in [1.165, 1.54) is 11.1 Å². The number of carbonyl (C=O) groups excluding carboxylic acids is 1. The van der Waals surface area contributed by atoms with Gasteiger partial charge in [0.1, 0.15) is 0 Å². The molecule has 2 atom stereocenters. The van der Waals surface area contributed by atoms with Gasteiger partial charge in [0.2, 0.25) is 5.91 Å². The van der Waals surface area contributed by atoms with Gasteiger partial charge in [0.15, 0.2) is 5.65 Å². The van der Waals surface area contributed by atoms with Crippen molar-refractivity contribution in [2.75, 3.05) is 19.6 Å². The topological polar surface area (TPSA) is 91.0 Å². The van der Waals surface area contributed by atoms with E-state index in [9.17, 15) is 9.00 Å². The second-order valence-electron chi connectivity index (χ2n) is 10.7. The number of aromatic amines is 1.